The number of rotatable bonds is 8. The summed E-state index contributed by atoms with van der Waals surface area (Å²) in [6, 6.07) is 8.19. The molecule has 19 heavy (non-hydrogen) atoms. The van der Waals surface area contributed by atoms with Crippen molar-refractivity contribution in [2.24, 2.45) is 5.73 Å². The van der Waals surface area contributed by atoms with Gasteiger partial charge in [0.1, 0.15) is 5.75 Å². The summed E-state index contributed by atoms with van der Waals surface area (Å²) in [5.74, 6) is 0.610. The van der Waals surface area contributed by atoms with Crippen molar-refractivity contribution in [3.63, 3.8) is 0 Å². The minimum absolute atomic E-state index is 0.277. The normalized spacial score (nSPS) is 16.1. The molecule has 1 saturated carbocycles. The van der Waals surface area contributed by atoms with E-state index >= 15 is 0 Å². The molecule has 1 unspecified atom stereocenters. The van der Waals surface area contributed by atoms with Crippen LogP contribution in [0.3, 0.4) is 0 Å². The number of amides is 1. The van der Waals surface area contributed by atoms with E-state index in [-0.39, 0.29) is 11.9 Å². The number of ether oxygens (including phenoxy) is 1. The fourth-order valence-electron chi connectivity index (χ4n) is 2.07. The highest BCUT2D eigenvalue weighted by molar-refractivity contribution is 5.79. The molecule has 1 aromatic carbocycles. The third-order valence-electron chi connectivity index (χ3n) is 3.38. The first-order valence-electron chi connectivity index (χ1n) is 6.96. The molecule has 104 valence electrons. The summed E-state index contributed by atoms with van der Waals surface area (Å²) >= 11 is 0. The number of nitrogens with one attached hydrogen (secondary N) is 1. The van der Waals surface area contributed by atoms with Gasteiger partial charge in [0.2, 0.25) is 5.91 Å². The molecule has 1 aliphatic rings. The van der Waals surface area contributed by atoms with Gasteiger partial charge in [-0.3, -0.25) is 4.79 Å². The number of para-hydroxylation sites is 1. The van der Waals surface area contributed by atoms with Gasteiger partial charge in [-0.05, 0) is 30.9 Å². The Morgan fingerprint density at radius 1 is 1.47 bits per heavy atom. The lowest BCUT2D eigenvalue weighted by Crippen LogP contribution is -2.43. The van der Waals surface area contributed by atoms with Gasteiger partial charge in [0.15, 0.2) is 0 Å². The van der Waals surface area contributed by atoms with E-state index in [1.807, 2.05) is 18.2 Å². The Labute approximate surface area is 114 Å². The molecular formula is C15H22N2O2. The van der Waals surface area contributed by atoms with Gasteiger partial charge in [-0.2, -0.15) is 0 Å². The maximum absolute atomic E-state index is 11.3. The second kappa shape index (κ2) is 6.57. The first-order chi connectivity index (χ1) is 9.20. The van der Waals surface area contributed by atoms with Crippen molar-refractivity contribution in [2.45, 2.75) is 44.7 Å². The van der Waals surface area contributed by atoms with Crippen molar-refractivity contribution in [2.75, 3.05) is 6.61 Å². The molecule has 0 bridgehead atoms. The lowest BCUT2D eigenvalue weighted by atomic mass is 10.1. The van der Waals surface area contributed by atoms with Crippen molar-refractivity contribution in [1.82, 2.24) is 5.32 Å². The highest BCUT2D eigenvalue weighted by Crippen LogP contribution is 2.21. The van der Waals surface area contributed by atoms with Crippen LogP contribution in [0.5, 0.6) is 5.75 Å². The van der Waals surface area contributed by atoms with Crippen LogP contribution in [0.4, 0.5) is 0 Å². The van der Waals surface area contributed by atoms with Crippen LogP contribution < -0.4 is 15.8 Å². The summed E-state index contributed by atoms with van der Waals surface area (Å²) in [6.45, 7) is 2.60. The fourth-order valence-corrected chi connectivity index (χ4v) is 2.07. The molecule has 2 rings (SSSR count). The van der Waals surface area contributed by atoms with Gasteiger partial charge in [0, 0.05) is 12.5 Å². The van der Waals surface area contributed by atoms with Gasteiger partial charge in [-0.1, -0.05) is 25.1 Å². The molecule has 1 fully saturated rings. The van der Waals surface area contributed by atoms with Gasteiger partial charge in [0.05, 0.1) is 12.6 Å². The van der Waals surface area contributed by atoms with Crippen LogP contribution >= 0.6 is 0 Å². The zero-order valence-electron chi connectivity index (χ0n) is 11.4. The summed E-state index contributed by atoms with van der Waals surface area (Å²) in [5, 5.41) is 3.25. The maximum atomic E-state index is 11.3. The number of benzene rings is 1. The molecule has 0 spiro atoms. The number of carbonyl (C=O) groups excluding carboxylic acids is 1. The quantitative estimate of drug-likeness (QED) is 0.748. The first-order valence-corrected chi connectivity index (χ1v) is 6.96. The maximum Gasteiger partial charge on any atom is 0.234 e. The van der Waals surface area contributed by atoms with E-state index in [1.165, 1.54) is 5.56 Å². The average molecular weight is 262 g/mol. The molecule has 1 aliphatic carbocycles. The molecule has 4 heteroatoms. The zero-order valence-corrected chi connectivity index (χ0v) is 11.4. The van der Waals surface area contributed by atoms with Gasteiger partial charge in [-0.15, -0.1) is 0 Å². The first kappa shape index (κ1) is 13.9. The minimum Gasteiger partial charge on any atom is -0.493 e. The van der Waals surface area contributed by atoms with Crippen molar-refractivity contribution in [3.8, 4) is 5.75 Å². The number of carbonyl (C=O) groups is 1. The summed E-state index contributed by atoms with van der Waals surface area (Å²) < 4.78 is 5.76. The lowest BCUT2D eigenvalue weighted by Gasteiger charge is -2.16. The summed E-state index contributed by atoms with van der Waals surface area (Å²) in [7, 11) is 0. The van der Waals surface area contributed by atoms with E-state index in [9.17, 15) is 4.79 Å². The van der Waals surface area contributed by atoms with Crippen LogP contribution in [-0.4, -0.2) is 24.6 Å². The predicted octanol–water partition coefficient (Wildman–Crippen LogP) is 1.62. The molecule has 0 aliphatic heterocycles. The molecule has 3 N–H and O–H groups in total. The van der Waals surface area contributed by atoms with Crippen molar-refractivity contribution >= 4 is 5.91 Å². The summed E-state index contributed by atoms with van der Waals surface area (Å²) in [4.78, 5) is 11.3. The molecule has 0 saturated heterocycles. The van der Waals surface area contributed by atoms with Crippen LogP contribution in [0, 0.1) is 0 Å². The topological polar surface area (TPSA) is 64.3 Å². The van der Waals surface area contributed by atoms with Gasteiger partial charge in [-0.25, -0.2) is 0 Å². The lowest BCUT2D eigenvalue weighted by molar-refractivity contribution is -0.120. The van der Waals surface area contributed by atoms with Gasteiger partial charge < -0.3 is 15.8 Å². The van der Waals surface area contributed by atoms with Gasteiger partial charge in [0.25, 0.3) is 0 Å². The minimum atomic E-state index is -0.292. The number of aryl methyl sites for hydroxylation is 1. The van der Waals surface area contributed by atoms with Crippen molar-refractivity contribution < 1.29 is 9.53 Å². The molecule has 1 atom stereocenters. The standard InChI is InChI=1S/C15H22N2O2/c1-2-11-5-3-4-6-14(11)19-10-9-13(15(16)18)17-12-7-8-12/h3-6,12-13,17H,2,7-10H2,1H3,(H2,16,18). The third kappa shape index (κ3) is 4.24. The largest absolute Gasteiger partial charge is 0.493 e. The van der Waals surface area contributed by atoms with E-state index < -0.39 is 0 Å². The number of nitrogens with two attached hydrogens (primary N) is 1. The molecule has 1 aromatic rings. The molecule has 0 radical (unpaired) electrons. The number of primary amides is 1. The predicted molar refractivity (Wildman–Crippen MR) is 75.1 cm³/mol. The number of hydrogen-bond donors (Lipinski definition) is 2. The van der Waals surface area contributed by atoms with E-state index in [0.29, 0.717) is 19.1 Å². The van der Waals surface area contributed by atoms with Gasteiger partial charge >= 0.3 is 0 Å². The highest BCUT2D eigenvalue weighted by Gasteiger charge is 2.27. The fraction of sp³-hybridized carbons (Fsp3) is 0.533. The Hall–Kier alpha value is -1.55. The van der Waals surface area contributed by atoms with Crippen LogP contribution in [0.25, 0.3) is 0 Å². The summed E-state index contributed by atoms with van der Waals surface area (Å²) in [6.07, 6.45) is 3.84. The average Bonchev–Trinajstić information content (AvgIpc) is 3.22. The third-order valence-corrected chi connectivity index (χ3v) is 3.38. The Balaban J connectivity index is 1.82. The second-order valence-electron chi connectivity index (χ2n) is 4.99. The second-order valence-corrected chi connectivity index (χ2v) is 4.99. The van der Waals surface area contributed by atoms with E-state index in [2.05, 4.69) is 18.3 Å². The smallest absolute Gasteiger partial charge is 0.234 e. The molecule has 0 aromatic heterocycles. The monoisotopic (exact) mass is 262 g/mol. The summed E-state index contributed by atoms with van der Waals surface area (Å²) in [5.41, 5.74) is 6.58. The Kier molecular flexibility index (Phi) is 4.80. The molecule has 1 amide bonds. The Bertz CT molecular complexity index is 430. The Morgan fingerprint density at radius 2 is 2.21 bits per heavy atom. The van der Waals surface area contributed by atoms with Crippen molar-refractivity contribution in [3.05, 3.63) is 29.8 Å². The van der Waals surface area contributed by atoms with E-state index in [4.69, 9.17) is 10.5 Å². The molecular weight excluding hydrogens is 240 g/mol. The van der Waals surface area contributed by atoms with Crippen LogP contribution in [0.2, 0.25) is 0 Å². The molecule has 4 nitrogen and oxygen atoms in total. The van der Waals surface area contributed by atoms with E-state index in [0.717, 1.165) is 25.0 Å². The highest BCUT2D eigenvalue weighted by atomic mass is 16.5. The zero-order chi connectivity index (χ0) is 13.7. The molecule has 0 heterocycles. The van der Waals surface area contributed by atoms with Crippen LogP contribution in [0.15, 0.2) is 24.3 Å². The van der Waals surface area contributed by atoms with Crippen molar-refractivity contribution in [1.29, 1.82) is 0 Å². The SMILES string of the molecule is CCc1ccccc1OCCC(NC1CC1)C(N)=O. The van der Waals surface area contributed by atoms with Crippen LogP contribution in [0.1, 0.15) is 31.7 Å². The Morgan fingerprint density at radius 3 is 2.84 bits per heavy atom. The number of hydrogen-bond acceptors (Lipinski definition) is 3. The van der Waals surface area contributed by atoms with E-state index in [1.54, 1.807) is 0 Å². The van der Waals surface area contributed by atoms with Crippen LogP contribution in [-0.2, 0) is 11.2 Å².